The Morgan fingerprint density at radius 1 is 1.09 bits per heavy atom. The van der Waals surface area contributed by atoms with Crippen LogP contribution in [0.15, 0.2) is 48.5 Å². The monoisotopic (exact) mass is 481 g/mol. The number of hydrogen-bond acceptors (Lipinski definition) is 5. The summed E-state index contributed by atoms with van der Waals surface area (Å²) in [5, 5.41) is 9.95. The van der Waals surface area contributed by atoms with Gasteiger partial charge in [0.25, 0.3) is 5.91 Å². The number of aliphatic hydroxyl groups is 1. The first-order valence-electron chi connectivity index (χ1n) is 12.3. The molecule has 0 aromatic heterocycles. The van der Waals surface area contributed by atoms with E-state index in [2.05, 4.69) is 0 Å². The van der Waals surface area contributed by atoms with Gasteiger partial charge in [-0.05, 0) is 43.8 Å². The van der Waals surface area contributed by atoms with E-state index < -0.39 is 0 Å². The fourth-order valence-corrected chi connectivity index (χ4v) is 4.43. The molecule has 0 saturated heterocycles. The predicted molar refractivity (Wildman–Crippen MR) is 138 cm³/mol. The van der Waals surface area contributed by atoms with Crippen LogP contribution in [0.2, 0.25) is 0 Å². The average molecular weight is 482 g/mol. The lowest BCUT2D eigenvalue weighted by atomic mass is 9.94. The number of amides is 2. The van der Waals surface area contributed by atoms with E-state index in [1.807, 2.05) is 88.4 Å². The summed E-state index contributed by atoms with van der Waals surface area (Å²) in [6.07, 6.45) is 0.160. The van der Waals surface area contributed by atoms with Gasteiger partial charge in [0.1, 0.15) is 0 Å². The number of fused-ring (bicyclic) bond motifs is 3. The van der Waals surface area contributed by atoms with E-state index in [9.17, 15) is 14.7 Å². The minimum atomic E-state index is -0.353. The molecule has 1 heterocycles. The Kier molecular flexibility index (Phi) is 9.43. The Labute approximate surface area is 209 Å². The third-order valence-corrected chi connectivity index (χ3v) is 6.75. The molecule has 7 heteroatoms. The van der Waals surface area contributed by atoms with Crippen LogP contribution in [-0.4, -0.2) is 91.2 Å². The molecular formula is C28H39N3O4. The molecule has 0 saturated carbocycles. The largest absolute Gasteiger partial charge is 0.394 e. The van der Waals surface area contributed by atoms with Crippen molar-refractivity contribution in [3.05, 3.63) is 59.7 Å². The predicted octanol–water partition coefficient (Wildman–Crippen LogP) is 3.12. The molecule has 1 N–H and O–H groups in total. The van der Waals surface area contributed by atoms with Gasteiger partial charge in [0.15, 0.2) is 0 Å². The van der Waals surface area contributed by atoms with Crippen LogP contribution in [0.4, 0.5) is 0 Å². The number of carbonyl (C=O) groups is 2. The van der Waals surface area contributed by atoms with Crippen molar-refractivity contribution in [1.29, 1.82) is 0 Å². The number of nitrogens with zero attached hydrogens (tertiary/aromatic N) is 3. The molecule has 0 spiro atoms. The van der Waals surface area contributed by atoms with Gasteiger partial charge >= 0.3 is 0 Å². The van der Waals surface area contributed by atoms with Crippen LogP contribution in [0.3, 0.4) is 0 Å². The van der Waals surface area contributed by atoms with Gasteiger partial charge in [-0.3, -0.25) is 9.59 Å². The summed E-state index contributed by atoms with van der Waals surface area (Å²) in [5.41, 5.74) is 3.42. The Balaban J connectivity index is 1.98. The maximum absolute atomic E-state index is 13.8. The van der Waals surface area contributed by atoms with Gasteiger partial charge in [-0.1, -0.05) is 49.4 Å². The fourth-order valence-electron chi connectivity index (χ4n) is 4.43. The van der Waals surface area contributed by atoms with Crippen LogP contribution < -0.4 is 0 Å². The summed E-state index contributed by atoms with van der Waals surface area (Å²) in [5.74, 6) is -0.109. The SMILES string of the molecule is C[C@H](CO)N1C[C@H](C)[C@H](CN(C)C(=O)CCN(C)C)OCc2ccccc2-c2ccccc2C1=O. The van der Waals surface area contributed by atoms with E-state index >= 15 is 0 Å². The second kappa shape index (κ2) is 12.3. The number of carbonyl (C=O) groups excluding carboxylic acids is 2. The van der Waals surface area contributed by atoms with Crippen molar-refractivity contribution >= 4 is 11.8 Å². The molecule has 7 nitrogen and oxygen atoms in total. The average Bonchev–Trinajstić information content (AvgIpc) is 2.88. The van der Waals surface area contributed by atoms with Gasteiger partial charge in [-0.15, -0.1) is 0 Å². The van der Waals surface area contributed by atoms with E-state index in [0.717, 1.165) is 16.7 Å². The highest BCUT2D eigenvalue weighted by Crippen LogP contribution is 2.31. The van der Waals surface area contributed by atoms with Crippen molar-refractivity contribution in [3.63, 3.8) is 0 Å². The second-order valence-electron chi connectivity index (χ2n) is 9.85. The van der Waals surface area contributed by atoms with Crippen LogP contribution in [-0.2, 0) is 16.1 Å². The molecule has 2 aromatic carbocycles. The number of benzene rings is 2. The van der Waals surface area contributed by atoms with Crippen LogP contribution in [0.5, 0.6) is 0 Å². The molecule has 0 fully saturated rings. The van der Waals surface area contributed by atoms with Crippen LogP contribution in [0.25, 0.3) is 11.1 Å². The number of likely N-dealkylation sites (N-methyl/N-ethyl adjacent to an activating group) is 1. The third kappa shape index (κ3) is 6.69. The van der Waals surface area contributed by atoms with Crippen LogP contribution in [0.1, 0.15) is 36.2 Å². The molecule has 1 aliphatic heterocycles. The Morgan fingerprint density at radius 3 is 2.37 bits per heavy atom. The van der Waals surface area contributed by atoms with Crippen molar-refractivity contribution in [1.82, 2.24) is 14.7 Å². The zero-order chi connectivity index (χ0) is 25.5. The molecule has 1 aliphatic rings. The molecule has 0 aliphatic carbocycles. The summed E-state index contributed by atoms with van der Waals surface area (Å²) in [4.78, 5) is 32.0. The summed E-state index contributed by atoms with van der Waals surface area (Å²) in [6.45, 7) is 5.67. The number of aliphatic hydroxyl groups excluding tert-OH is 1. The molecule has 0 bridgehead atoms. The zero-order valence-electron chi connectivity index (χ0n) is 21.6. The van der Waals surface area contributed by atoms with Crippen molar-refractivity contribution in [3.8, 4) is 11.1 Å². The number of rotatable bonds is 7. The molecule has 2 amide bonds. The second-order valence-corrected chi connectivity index (χ2v) is 9.85. The number of hydrogen-bond donors (Lipinski definition) is 1. The molecule has 3 atom stereocenters. The van der Waals surface area contributed by atoms with Gasteiger partial charge in [0.05, 0.1) is 25.4 Å². The van der Waals surface area contributed by atoms with Gasteiger partial charge in [0.2, 0.25) is 5.91 Å². The molecule has 3 rings (SSSR count). The van der Waals surface area contributed by atoms with E-state index in [4.69, 9.17) is 4.74 Å². The molecule has 0 unspecified atom stereocenters. The first-order chi connectivity index (χ1) is 16.7. The van der Waals surface area contributed by atoms with E-state index in [-0.39, 0.29) is 36.5 Å². The maximum atomic E-state index is 13.8. The first-order valence-corrected chi connectivity index (χ1v) is 12.3. The molecule has 0 radical (unpaired) electrons. The van der Waals surface area contributed by atoms with Gasteiger partial charge in [0, 0.05) is 44.6 Å². The highest BCUT2D eigenvalue weighted by atomic mass is 16.5. The Morgan fingerprint density at radius 2 is 1.71 bits per heavy atom. The van der Waals surface area contributed by atoms with Crippen molar-refractivity contribution in [2.45, 2.75) is 39.0 Å². The van der Waals surface area contributed by atoms with Gasteiger partial charge < -0.3 is 24.5 Å². The minimum Gasteiger partial charge on any atom is -0.394 e. The van der Waals surface area contributed by atoms with Gasteiger partial charge in [-0.25, -0.2) is 0 Å². The molecule has 2 aromatic rings. The lowest BCUT2D eigenvalue weighted by molar-refractivity contribution is -0.133. The standard InChI is InChI=1S/C28H39N3O4/c1-20-16-31(21(2)18-32)28(34)25-13-9-8-12-24(25)23-11-7-6-10-22(23)19-35-26(20)17-30(5)27(33)14-15-29(3)4/h6-13,20-21,26,32H,14-19H2,1-5H3/t20-,21+,26-/m0/s1. The number of ether oxygens (including phenoxy) is 1. The molecule has 35 heavy (non-hydrogen) atoms. The molecule has 190 valence electrons. The van der Waals surface area contributed by atoms with Crippen molar-refractivity contribution in [2.75, 3.05) is 47.4 Å². The van der Waals surface area contributed by atoms with E-state index in [1.165, 1.54) is 0 Å². The Bertz CT molecular complexity index is 1010. The minimum absolute atomic E-state index is 0.0607. The van der Waals surface area contributed by atoms with Crippen LogP contribution in [0, 0.1) is 5.92 Å². The van der Waals surface area contributed by atoms with Gasteiger partial charge in [-0.2, -0.15) is 0 Å². The topological polar surface area (TPSA) is 73.3 Å². The van der Waals surface area contributed by atoms with Crippen molar-refractivity contribution < 1.29 is 19.4 Å². The third-order valence-electron chi connectivity index (χ3n) is 6.75. The normalized spacial score (nSPS) is 19.5. The smallest absolute Gasteiger partial charge is 0.254 e. The van der Waals surface area contributed by atoms with Crippen LogP contribution >= 0.6 is 0 Å². The fraction of sp³-hybridized carbons (Fsp3) is 0.500. The zero-order valence-corrected chi connectivity index (χ0v) is 21.6. The lowest BCUT2D eigenvalue weighted by Crippen LogP contribution is -2.47. The summed E-state index contributed by atoms with van der Waals surface area (Å²) in [6, 6.07) is 15.2. The summed E-state index contributed by atoms with van der Waals surface area (Å²) >= 11 is 0. The van der Waals surface area contributed by atoms with Crippen molar-refractivity contribution in [2.24, 2.45) is 5.92 Å². The summed E-state index contributed by atoms with van der Waals surface area (Å²) in [7, 11) is 5.71. The highest BCUT2D eigenvalue weighted by molar-refractivity contribution is 6.01. The highest BCUT2D eigenvalue weighted by Gasteiger charge is 2.31. The lowest BCUT2D eigenvalue weighted by Gasteiger charge is -2.35. The maximum Gasteiger partial charge on any atom is 0.254 e. The summed E-state index contributed by atoms with van der Waals surface area (Å²) < 4.78 is 6.47. The Hall–Kier alpha value is -2.74. The van der Waals surface area contributed by atoms with E-state index in [1.54, 1.807) is 9.80 Å². The quantitative estimate of drug-likeness (QED) is 0.658. The molecular weight excluding hydrogens is 442 g/mol. The first kappa shape index (κ1) is 26.9. The van der Waals surface area contributed by atoms with E-state index in [0.29, 0.717) is 38.2 Å².